The summed E-state index contributed by atoms with van der Waals surface area (Å²) >= 11 is 11.6. The fourth-order valence-corrected chi connectivity index (χ4v) is 2.68. The van der Waals surface area contributed by atoms with Crippen LogP contribution < -0.4 is 5.32 Å². The van der Waals surface area contributed by atoms with Crippen LogP contribution >= 0.6 is 23.2 Å². The van der Waals surface area contributed by atoms with Gasteiger partial charge in [0.2, 0.25) is 5.91 Å². The Morgan fingerprint density at radius 3 is 2.47 bits per heavy atom. The number of carbonyl (C=O) groups is 2. The summed E-state index contributed by atoms with van der Waals surface area (Å²) in [5, 5.41) is 12.5. The maximum Gasteiger partial charge on any atom is 0.307 e. The number of nitrogens with one attached hydrogen (secondary N) is 1. The number of carboxylic acid groups (broad SMARTS) is 1. The number of anilines is 1. The first-order valence-corrected chi connectivity index (χ1v) is 6.73. The average Bonchev–Trinajstić information content (AvgIpc) is 2.83. The minimum absolute atomic E-state index is 0.275. The van der Waals surface area contributed by atoms with Gasteiger partial charge in [0.15, 0.2) is 0 Å². The summed E-state index contributed by atoms with van der Waals surface area (Å²) in [4.78, 5) is 23.1. The number of halogens is 2. The smallest absolute Gasteiger partial charge is 0.307 e. The zero-order chi connectivity index (χ0) is 14.0. The van der Waals surface area contributed by atoms with Gasteiger partial charge in [-0.25, -0.2) is 0 Å². The van der Waals surface area contributed by atoms with E-state index in [1.807, 2.05) is 0 Å². The zero-order valence-electron chi connectivity index (χ0n) is 10.0. The number of carboxylic acids is 1. The van der Waals surface area contributed by atoms with E-state index in [1.165, 1.54) is 0 Å². The van der Waals surface area contributed by atoms with E-state index in [0.717, 1.165) is 6.42 Å². The van der Waals surface area contributed by atoms with Crippen LogP contribution in [0.5, 0.6) is 0 Å². The van der Waals surface area contributed by atoms with Gasteiger partial charge in [0.05, 0.1) is 21.9 Å². The topological polar surface area (TPSA) is 66.4 Å². The van der Waals surface area contributed by atoms with Gasteiger partial charge < -0.3 is 10.4 Å². The van der Waals surface area contributed by atoms with Crippen molar-refractivity contribution >= 4 is 40.8 Å². The molecular weight excluding hydrogens is 289 g/mol. The Morgan fingerprint density at radius 1 is 1.16 bits per heavy atom. The van der Waals surface area contributed by atoms with Crippen molar-refractivity contribution in [2.45, 2.75) is 19.3 Å². The molecule has 0 saturated heterocycles. The quantitative estimate of drug-likeness (QED) is 0.899. The third-order valence-electron chi connectivity index (χ3n) is 3.36. The van der Waals surface area contributed by atoms with Crippen LogP contribution in [-0.4, -0.2) is 17.0 Å². The van der Waals surface area contributed by atoms with Crippen LogP contribution in [0.2, 0.25) is 10.0 Å². The summed E-state index contributed by atoms with van der Waals surface area (Å²) in [5.41, 5.74) is 0.524. The molecule has 4 nitrogen and oxygen atoms in total. The SMILES string of the molecule is O=C(O)[C@H]1CCC[C@H]1C(=O)Nc1ccc(Cl)c(Cl)c1. The van der Waals surface area contributed by atoms with Gasteiger partial charge in [0, 0.05) is 5.69 Å². The summed E-state index contributed by atoms with van der Waals surface area (Å²) in [7, 11) is 0. The van der Waals surface area contributed by atoms with Crippen LogP contribution in [0.1, 0.15) is 19.3 Å². The van der Waals surface area contributed by atoms with Gasteiger partial charge in [0.25, 0.3) is 0 Å². The van der Waals surface area contributed by atoms with Crippen molar-refractivity contribution in [1.29, 1.82) is 0 Å². The molecule has 1 aliphatic carbocycles. The molecule has 0 unspecified atom stereocenters. The fourth-order valence-electron chi connectivity index (χ4n) is 2.38. The van der Waals surface area contributed by atoms with Gasteiger partial charge >= 0.3 is 5.97 Å². The lowest BCUT2D eigenvalue weighted by atomic mass is 9.95. The Bertz CT molecular complexity index is 519. The summed E-state index contributed by atoms with van der Waals surface area (Å²) in [6, 6.07) is 4.77. The summed E-state index contributed by atoms with van der Waals surface area (Å²) < 4.78 is 0. The predicted octanol–water partition coefficient (Wildman–Crippen LogP) is 3.43. The van der Waals surface area contributed by atoms with Gasteiger partial charge in [-0.2, -0.15) is 0 Å². The molecule has 2 N–H and O–H groups in total. The predicted molar refractivity (Wildman–Crippen MR) is 73.6 cm³/mol. The van der Waals surface area contributed by atoms with Crippen LogP contribution in [0.15, 0.2) is 18.2 Å². The Kier molecular flexibility index (Phi) is 4.32. The fraction of sp³-hybridized carbons (Fsp3) is 0.385. The highest BCUT2D eigenvalue weighted by molar-refractivity contribution is 6.42. The van der Waals surface area contributed by atoms with Gasteiger partial charge in [-0.3, -0.25) is 9.59 Å². The van der Waals surface area contributed by atoms with E-state index in [-0.39, 0.29) is 5.91 Å². The zero-order valence-corrected chi connectivity index (χ0v) is 11.5. The van der Waals surface area contributed by atoms with Crippen molar-refractivity contribution in [2.24, 2.45) is 11.8 Å². The van der Waals surface area contributed by atoms with Crippen molar-refractivity contribution in [3.05, 3.63) is 28.2 Å². The summed E-state index contributed by atoms with van der Waals surface area (Å²) in [6.45, 7) is 0. The Labute approximate surface area is 120 Å². The third kappa shape index (κ3) is 3.19. The molecule has 1 aromatic carbocycles. The summed E-state index contributed by atoms with van der Waals surface area (Å²) in [6.07, 6.45) is 1.91. The minimum Gasteiger partial charge on any atom is -0.481 e. The Hall–Kier alpha value is -1.26. The van der Waals surface area contributed by atoms with E-state index in [4.69, 9.17) is 28.3 Å². The second kappa shape index (κ2) is 5.80. The van der Waals surface area contributed by atoms with E-state index in [2.05, 4.69) is 5.32 Å². The van der Waals surface area contributed by atoms with Crippen LogP contribution in [0.3, 0.4) is 0 Å². The second-order valence-corrected chi connectivity index (χ2v) is 5.41. The number of benzene rings is 1. The van der Waals surface area contributed by atoms with Crippen LogP contribution in [-0.2, 0) is 9.59 Å². The highest BCUT2D eigenvalue weighted by Crippen LogP contribution is 2.33. The molecule has 0 heterocycles. The van der Waals surface area contributed by atoms with E-state index in [9.17, 15) is 9.59 Å². The van der Waals surface area contributed by atoms with Crippen molar-refractivity contribution < 1.29 is 14.7 Å². The molecule has 0 aromatic heterocycles. The van der Waals surface area contributed by atoms with Crippen molar-refractivity contribution in [3.8, 4) is 0 Å². The van der Waals surface area contributed by atoms with Gasteiger partial charge in [-0.1, -0.05) is 29.6 Å². The molecule has 0 spiro atoms. The molecule has 6 heteroatoms. The molecule has 0 radical (unpaired) electrons. The minimum atomic E-state index is -0.910. The van der Waals surface area contributed by atoms with E-state index in [0.29, 0.717) is 28.6 Å². The molecule has 1 aliphatic rings. The maximum atomic E-state index is 12.1. The highest BCUT2D eigenvalue weighted by atomic mass is 35.5. The lowest BCUT2D eigenvalue weighted by Crippen LogP contribution is -2.29. The van der Waals surface area contributed by atoms with Gasteiger partial charge in [-0.15, -0.1) is 0 Å². The number of aliphatic carboxylic acids is 1. The Morgan fingerprint density at radius 2 is 1.84 bits per heavy atom. The number of carbonyl (C=O) groups excluding carboxylic acids is 1. The molecule has 1 saturated carbocycles. The van der Waals surface area contributed by atoms with Crippen molar-refractivity contribution in [3.63, 3.8) is 0 Å². The van der Waals surface area contributed by atoms with Gasteiger partial charge in [0.1, 0.15) is 0 Å². The molecule has 2 atom stereocenters. The molecule has 1 aromatic rings. The first-order valence-electron chi connectivity index (χ1n) is 5.98. The van der Waals surface area contributed by atoms with E-state index >= 15 is 0 Å². The molecule has 1 amide bonds. The lowest BCUT2D eigenvalue weighted by molar-refractivity contribution is -0.145. The monoisotopic (exact) mass is 301 g/mol. The van der Waals surface area contributed by atoms with Crippen LogP contribution in [0.4, 0.5) is 5.69 Å². The highest BCUT2D eigenvalue weighted by Gasteiger charge is 2.37. The second-order valence-electron chi connectivity index (χ2n) is 4.60. The van der Waals surface area contributed by atoms with Crippen molar-refractivity contribution in [2.75, 3.05) is 5.32 Å². The largest absolute Gasteiger partial charge is 0.481 e. The molecular formula is C13H13Cl2NO3. The first-order chi connectivity index (χ1) is 8.99. The molecule has 19 heavy (non-hydrogen) atoms. The van der Waals surface area contributed by atoms with E-state index < -0.39 is 17.8 Å². The Balaban J connectivity index is 2.08. The number of hydrogen-bond donors (Lipinski definition) is 2. The van der Waals surface area contributed by atoms with E-state index in [1.54, 1.807) is 18.2 Å². The molecule has 102 valence electrons. The van der Waals surface area contributed by atoms with Crippen molar-refractivity contribution in [1.82, 2.24) is 0 Å². The van der Waals surface area contributed by atoms with Gasteiger partial charge in [-0.05, 0) is 31.0 Å². The number of hydrogen-bond acceptors (Lipinski definition) is 2. The molecule has 0 aliphatic heterocycles. The molecule has 1 fully saturated rings. The lowest BCUT2D eigenvalue weighted by Gasteiger charge is -2.15. The molecule has 2 rings (SSSR count). The first kappa shape index (κ1) is 14.2. The standard InChI is InChI=1S/C13H13Cl2NO3/c14-10-5-4-7(6-11(10)15)16-12(17)8-2-1-3-9(8)13(18)19/h4-6,8-9H,1-3H2,(H,16,17)(H,18,19)/t8-,9+/m1/s1. The number of amides is 1. The maximum absolute atomic E-state index is 12.1. The molecule has 0 bridgehead atoms. The van der Waals surface area contributed by atoms with Crippen LogP contribution in [0.25, 0.3) is 0 Å². The van der Waals surface area contributed by atoms with Crippen LogP contribution in [0, 0.1) is 11.8 Å². The number of rotatable bonds is 3. The average molecular weight is 302 g/mol. The third-order valence-corrected chi connectivity index (χ3v) is 4.10. The summed E-state index contributed by atoms with van der Waals surface area (Å²) in [5.74, 6) is -2.26. The normalized spacial score (nSPS) is 22.2.